The molecule has 0 bridgehead atoms. The molecule has 7 nitrogen and oxygen atoms in total. The van der Waals surface area contributed by atoms with E-state index in [4.69, 9.17) is 0 Å². The third-order valence-electron chi connectivity index (χ3n) is 4.87. The van der Waals surface area contributed by atoms with Gasteiger partial charge in [0, 0.05) is 24.7 Å². The molecule has 1 aromatic carbocycles. The largest absolute Gasteiger partial charge is 0.355 e. The van der Waals surface area contributed by atoms with Gasteiger partial charge in [-0.2, -0.15) is 4.52 Å². The van der Waals surface area contributed by atoms with Crippen LogP contribution < -0.4 is 10.2 Å². The molecule has 0 aliphatic carbocycles. The number of carbonyl (C=O) groups is 1. The second-order valence-electron chi connectivity index (χ2n) is 6.81. The number of nitrogens with one attached hydrogen (secondary N) is 1. The summed E-state index contributed by atoms with van der Waals surface area (Å²) in [6.45, 7) is 5.63. The third kappa shape index (κ3) is 3.24. The maximum absolute atomic E-state index is 12.4. The Hall–Kier alpha value is -2.96. The summed E-state index contributed by atoms with van der Waals surface area (Å²) < 4.78 is 1.76. The van der Waals surface area contributed by atoms with E-state index in [1.165, 1.54) is 0 Å². The average Bonchev–Trinajstić information content (AvgIpc) is 3.03. The van der Waals surface area contributed by atoms with Crippen LogP contribution in [-0.4, -0.2) is 44.8 Å². The van der Waals surface area contributed by atoms with Crippen LogP contribution in [0.5, 0.6) is 0 Å². The summed E-state index contributed by atoms with van der Waals surface area (Å²) in [6.07, 6.45) is 1.80. The summed E-state index contributed by atoms with van der Waals surface area (Å²) in [5.74, 6) is 1.70. The minimum atomic E-state index is 0.00288. The van der Waals surface area contributed by atoms with E-state index in [1.807, 2.05) is 50.2 Å². The van der Waals surface area contributed by atoms with Crippen molar-refractivity contribution in [3.8, 4) is 0 Å². The molecule has 1 N–H and O–H groups in total. The van der Waals surface area contributed by atoms with Gasteiger partial charge in [0.25, 0.3) is 5.91 Å². The number of piperidine rings is 1. The molecule has 2 aromatic heterocycles. The first-order valence-corrected chi connectivity index (χ1v) is 8.92. The summed E-state index contributed by atoms with van der Waals surface area (Å²) in [5, 5.41) is 15.9. The number of aromatic nitrogens is 4. The number of fused-ring (bicyclic) bond motifs is 1. The number of hydrogen-bond donors (Lipinski definition) is 1. The highest BCUT2D eigenvalue weighted by Crippen LogP contribution is 2.19. The zero-order valence-electron chi connectivity index (χ0n) is 15.0. The molecule has 4 rings (SSSR count). The molecule has 3 aromatic rings. The van der Waals surface area contributed by atoms with Crippen molar-refractivity contribution < 1.29 is 4.79 Å². The molecule has 0 unspecified atom stereocenters. The maximum Gasteiger partial charge on any atom is 0.251 e. The molecule has 0 atom stereocenters. The Morgan fingerprint density at radius 2 is 1.77 bits per heavy atom. The Morgan fingerprint density at radius 1 is 1.04 bits per heavy atom. The molecule has 7 heteroatoms. The minimum absolute atomic E-state index is 0.00288. The topological polar surface area (TPSA) is 75.4 Å². The van der Waals surface area contributed by atoms with Gasteiger partial charge < -0.3 is 10.2 Å². The van der Waals surface area contributed by atoms with Crippen LogP contribution in [0.3, 0.4) is 0 Å². The van der Waals surface area contributed by atoms with Gasteiger partial charge in [0.05, 0.1) is 0 Å². The van der Waals surface area contributed by atoms with Crippen molar-refractivity contribution >= 4 is 17.4 Å². The first kappa shape index (κ1) is 16.5. The molecule has 26 heavy (non-hydrogen) atoms. The second-order valence-corrected chi connectivity index (χ2v) is 6.81. The van der Waals surface area contributed by atoms with Crippen molar-refractivity contribution in [3.63, 3.8) is 0 Å². The SMILES string of the molecule is Cc1ccc(C(=O)NC2CCN(c3ccc4nnc(C)n4n3)CC2)cc1. The Balaban J connectivity index is 1.38. The maximum atomic E-state index is 12.4. The number of hydrogen-bond acceptors (Lipinski definition) is 5. The molecule has 1 saturated heterocycles. The summed E-state index contributed by atoms with van der Waals surface area (Å²) in [4.78, 5) is 14.6. The van der Waals surface area contributed by atoms with Crippen molar-refractivity contribution in [2.24, 2.45) is 0 Å². The van der Waals surface area contributed by atoms with Crippen LogP contribution in [0.1, 0.15) is 34.6 Å². The van der Waals surface area contributed by atoms with E-state index < -0.39 is 0 Å². The molecule has 0 radical (unpaired) electrons. The standard InChI is InChI=1S/C19H22N6O/c1-13-3-5-15(6-4-13)19(26)20-16-9-11-24(12-10-16)18-8-7-17-22-21-14(2)25(17)23-18/h3-8,16H,9-12H2,1-2H3,(H,20,26). The number of aryl methyl sites for hydroxylation is 2. The van der Waals surface area contributed by atoms with Gasteiger partial charge in [-0.1, -0.05) is 17.7 Å². The van der Waals surface area contributed by atoms with Gasteiger partial charge >= 0.3 is 0 Å². The minimum Gasteiger partial charge on any atom is -0.355 e. The average molecular weight is 350 g/mol. The normalized spacial score (nSPS) is 15.4. The highest BCUT2D eigenvalue weighted by Gasteiger charge is 2.22. The summed E-state index contributed by atoms with van der Waals surface area (Å²) in [7, 11) is 0. The second kappa shape index (κ2) is 6.74. The van der Waals surface area contributed by atoms with Crippen molar-refractivity contribution in [1.29, 1.82) is 0 Å². The van der Waals surface area contributed by atoms with Crippen molar-refractivity contribution in [2.75, 3.05) is 18.0 Å². The smallest absolute Gasteiger partial charge is 0.251 e. The van der Waals surface area contributed by atoms with Gasteiger partial charge in [-0.05, 0) is 51.0 Å². The van der Waals surface area contributed by atoms with Crippen molar-refractivity contribution in [2.45, 2.75) is 32.7 Å². The number of anilines is 1. The number of benzene rings is 1. The zero-order valence-corrected chi connectivity index (χ0v) is 15.0. The van der Waals surface area contributed by atoms with Crippen LogP contribution in [0, 0.1) is 13.8 Å². The van der Waals surface area contributed by atoms with E-state index in [0.29, 0.717) is 5.56 Å². The quantitative estimate of drug-likeness (QED) is 0.783. The van der Waals surface area contributed by atoms with Gasteiger partial charge in [0.1, 0.15) is 5.82 Å². The molecule has 1 aliphatic heterocycles. The van der Waals surface area contributed by atoms with Gasteiger partial charge in [-0.15, -0.1) is 15.3 Å². The van der Waals surface area contributed by atoms with Gasteiger partial charge in [0.2, 0.25) is 0 Å². The Bertz CT molecular complexity index is 925. The fourth-order valence-electron chi connectivity index (χ4n) is 3.28. The van der Waals surface area contributed by atoms with E-state index in [0.717, 1.165) is 48.8 Å². The predicted molar refractivity (Wildman–Crippen MR) is 99.4 cm³/mol. The molecular formula is C19H22N6O. The van der Waals surface area contributed by atoms with E-state index >= 15 is 0 Å². The van der Waals surface area contributed by atoms with Crippen molar-refractivity contribution in [3.05, 3.63) is 53.3 Å². The van der Waals surface area contributed by atoms with Crippen LogP contribution in [0.4, 0.5) is 5.82 Å². The number of nitrogens with zero attached hydrogens (tertiary/aromatic N) is 5. The lowest BCUT2D eigenvalue weighted by Gasteiger charge is -2.33. The van der Waals surface area contributed by atoms with E-state index in [1.54, 1.807) is 4.52 Å². The highest BCUT2D eigenvalue weighted by atomic mass is 16.1. The lowest BCUT2D eigenvalue weighted by atomic mass is 10.0. The van der Waals surface area contributed by atoms with E-state index in [2.05, 4.69) is 25.5 Å². The molecule has 1 aliphatic rings. The number of rotatable bonds is 3. The summed E-state index contributed by atoms with van der Waals surface area (Å²) in [5.41, 5.74) is 2.63. The molecule has 134 valence electrons. The zero-order chi connectivity index (χ0) is 18.1. The van der Waals surface area contributed by atoms with Crippen LogP contribution in [0.2, 0.25) is 0 Å². The number of amides is 1. The van der Waals surface area contributed by atoms with Gasteiger partial charge in [-0.25, -0.2) is 0 Å². The lowest BCUT2D eigenvalue weighted by molar-refractivity contribution is 0.0931. The van der Waals surface area contributed by atoms with E-state index in [9.17, 15) is 4.79 Å². The fourth-order valence-corrected chi connectivity index (χ4v) is 3.28. The number of carbonyl (C=O) groups excluding carboxylic acids is 1. The van der Waals surface area contributed by atoms with Crippen LogP contribution in [0.15, 0.2) is 36.4 Å². The summed E-state index contributed by atoms with van der Waals surface area (Å²) >= 11 is 0. The monoisotopic (exact) mass is 350 g/mol. The highest BCUT2D eigenvalue weighted by molar-refractivity contribution is 5.94. The Kier molecular flexibility index (Phi) is 4.28. The van der Waals surface area contributed by atoms with Gasteiger partial charge in [-0.3, -0.25) is 4.79 Å². The van der Waals surface area contributed by atoms with Crippen molar-refractivity contribution in [1.82, 2.24) is 25.1 Å². The van der Waals surface area contributed by atoms with Crippen LogP contribution in [0.25, 0.3) is 5.65 Å². The van der Waals surface area contributed by atoms with Crippen LogP contribution in [-0.2, 0) is 0 Å². The Morgan fingerprint density at radius 3 is 2.50 bits per heavy atom. The van der Waals surface area contributed by atoms with Gasteiger partial charge in [0.15, 0.2) is 11.5 Å². The fraction of sp³-hybridized carbons (Fsp3) is 0.368. The first-order chi connectivity index (χ1) is 12.6. The molecule has 3 heterocycles. The molecule has 1 fully saturated rings. The summed E-state index contributed by atoms with van der Waals surface area (Å²) in [6, 6.07) is 11.8. The molecule has 1 amide bonds. The van der Waals surface area contributed by atoms with E-state index in [-0.39, 0.29) is 11.9 Å². The lowest BCUT2D eigenvalue weighted by Crippen LogP contribution is -2.45. The first-order valence-electron chi connectivity index (χ1n) is 8.92. The van der Waals surface area contributed by atoms with Crippen LogP contribution >= 0.6 is 0 Å². The third-order valence-corrected chi connectivity index (χ3v) is 4.87. The Labute approximate surface area is 152 Å². The molecular weight excluding hydrogens is 328 g/mol. The molecule has 0 saturated carbocycles. The molecule has 0 spiro atoms. The predicted octanol–water partition coefficient (Wildman–Crippen LogP) is 2.14.